The molecule has 1 unspecified atom stereocenters. The lowest BCUT2D eigenvalue weighted by Crippen LogP contribution is -2.22. The smallest absolute Gasteiger partial charge is 0.142 e. The fraction of sp³-hybridized carbons (Fsp3) is 0.455. The molecule has 78 valence electrons. The number of rotatable bonds is 4. The first-order valence-corrected chi connectivity index (χ1v) is 5.20. The van der Waals surface area contributed by atoms with Gasteiger partial charge < -0.3 is 5.73 Å². The summed E-state index contributed by atoms with van der Waals surface area (Å²) in [5.74, 6) is -0.368. The highest BCUT2D eigenvalue weighted by molar-refractivity contribution is 6.30. The Morgan fingerprint density at radius 2 is 2.21 bits per heavy atom. The van der Waals surface area contributed by atoms with Crippen LogP contribution >= 0.6 is 11.6 Å². The van der Waals surface area contributed by atoms with Crippen LogP contribution in [0.4, 0.5) is 4.39 Å². The molecule has 1 atom stereocenters. The van der Waals surface area contributed by atoms with Gasteiger partial charge in [0.1, 0.15) is 5.82 Å². The minimum Gasteiger partial charge on any atom is -0.327 e. The van der Waals surface area contributed by atoms with Crippen molar-refractivity contribution in [1.82, 2.24) is 0 Å². The molecule has 0 aliphatic rings. The highest BCUT2D eigenvalue weighted by Gasteiger charge is 2.05. The van der Waals surface area contributed by atoms with Gasteiger partial charge in [-0.05, 0) is 30.5 Å². The second kappa shape index (κ2) is 5.32. The molecule has 0 radical (unpaired) electrons. The number of benzene rings is 1. The zero-order chi connectivity index (χ0) is 10.6. The van der Waals surface area contributed by atoms with E-state index < -0.39 is 0 Å². The van der Waals surface area contributed by atoms with Crippen molar-refractivity contribution in [3.63, 3.8) is 0 Å². The zero-order valence-electron chi connectivity index (χ0n) is 8.26. The Labute approximate surface area is 89.1 Å². The molecule has 0 spiro atoms. The largest absolute Gasteiger partial charge is 0.327 e. The molecule has 0 aliphatic heterocycles. The van der Waals surface area contributed by atoms with Gasteiger partial charge in [-0.25, -0.2) is 4.39 Å². The maximum atomic E-state index is 13.0. The van der Waals surface area contributed by atoms with Crippen LogP contribution in [-0.4, -0.2) is 6.04 Å². The van der Waals surface area contributed by atoms with E-state index >= 15 is 0 Å². The SMILES string of the molecule is CCCC(N)Cc1ccc(Cl)c(F)c1. The first kappa shape index (κ1) is 11.5. The van der Waals surface area contributed by atoms with Crippen LogP contribution in [0.5, 0.6) is 0 Å². The summed E-state index contributed by atoms with van der Waals surface area (Å²) >= 11 is 5.57. The highest BCUT2D eigenvalue weighted by Crippen LogP contribution is 2.16. The Kier molecular flexibility index (Phi) is 4.36. The highest BCUT2D eigenvalue weighted by atomic mass is 35.5. The second-order valence-electron chi connectivity index (χ2n) is 3.50. The molecule has 0 fully saturated rings. The number of nitrogens with two attached hydrogens (primary N) is 1. The van der Waals surface area contributed by atoms with E-state index in [1.165, 1.54) is 6.07 Å². The normalized spacial score (nSPS) is 12.9. The van der Waals surface area contributed by atoms with Crippen LogP contribution in [0, 0.1) is 5.82 Å². The molecule has 1 aromatic carbocycles. The van der Waals surface area contributed by atoms with E-state index in [1.54, 1.807) is 6.07 Å². The van der Waals surface area contributed by atoms with Gasteiger partial charge >= 0.3 is 0 Å². The van der Waals surface area contributed by atoms with Crippen LogP contribution in [0.2, 0.25) is 5.02 Å². The molecule has 0 heterocycles. The third-order valence-electron chi connectivity index (χ3n) is 2.14. The third-order valence-corrected chi connectivity index (χ3v) is 2.45. The van der Waals surface area contributed by atoms with E-state index in [0.717, 1.165) is 18.4 Å². The van der Waals surface area contributed by atoms with Crippen LogP contribution in [0.15, 0.2) is 18.2 Å². The van der Waals surface area contributed by atoms with Crippen molar-refractivity contribution < 1.29 is 4.39 Å². The minimum absolute atomic E-state index is 0.112. The van der Waals surface area contributed by atoms with Gasteiger partial charge in [-0.2, -0.15) is 0 Å². The Bertz CT molecular complexity index is 301. The van der Waals surface area contributed by atoms with Crippen molar-refractivity contribution in [2.75, 3.05) is 0 Å². The lowest BCUT2D eigenvalue weighted by Gasteiger charge is -2.10. The molecule has 1 aromatic rings. The quantitative estimate of drug-likeness (QED) is 0.821. The molecule has 0 aliphatic carbocycles. The second-order valence-corrected chi connectivity index (χ2v) is 3.91. The average Bonchev–Trinajstić information content (AvgIpc) is 2.12. The number of halogens is 2. The molecule has 14 heavy (non-hydrogen) atoms. The predicted octanol–water partition coefficient (Wildman–Crippen LogP) is 3.15. The Morgan fingerprint density at radius 3 is 2.79 bits per heavy atom. The molecule has 0 saturated heterocycles. The van der Waals surface area contributed by atoms with Gasteiger partial charge in [-0.1, -0.05) is 31.0 Å². The summed E-state index contributed by atoms with van der Waals surface area (Å²) in [6.07, 6.45) is 2.73. The molecule has 0 amide bonds. The van der Waals surface area contributed by atoms with Crippen molar-refractivity contribution in [1.29, 1.82) is 0 Å². The lowest BCUT2D eigenvalue weighted by molar-refractivity contribution is 0.592. The van der Waals surface area contributed by atoms with Gasteiger partial charge in [0.2, 0.25) is 0 Å². The van der Waals surface area contributed by atoms with Gasteiger partial charge in [0, 0.05) is 6.04 Å². The van der Waals surface area contributed by atoms with Gasteiger partial charge in [0.25, 0.3) is 0 Å². The van der Waals surface area contributed by atoms with E-state index in [9.17, 15) is 4.39 Å². The summed E-state index contributed by atoms with van der Waals surface area (Å²) in [4.78, 5) is 0. The van der Waals surface area contributed by atoms with Crippen LogP contribution in [0.1, 0.15) is 25.3 Å². The molecule has 3 heteroatoms. The van der Waals surface area contributed by atoms with Crippen LogP contribution in [-0.2, 0) is 6.42 Å². The van der Waals surface area contributed by atoms with Crippen molar-refractivity contribution in [3.05, 3.63) is 34.6 Å². The summed E-state index contributed by atoms with van der Waals surface area (Å²) in [6.45, 7) is 2.09. The Hall–Kier alpha value is -0.600. The summed E-state index contributed by atoms with van der Waals surface area (Å²) in [5, 5.41) is 0.165. The predicted molar refractivity (Wildman–Crippen MR) is 58.0 cm³/mol. The number of hydrogen-bond donors (Lipinski definition) is 1. The fourth-order valence-corrected chi connectivity index (χ4v) is 1.56. The summed E-state index contributed by atoms with van der Waals surface area (Å²) in [7, 11) is 0. The average molecular weight is 216 g/mol. The van der Waals surface area contributed by atoms with Crippen molar-refractivity contribution >= 4 is 11.6 Å². The maximum Gasteiger partial charge on any atom is 0.142 e. The summed E-state index contributed by atoms with van der Waals surface area (Å²) in [6, 6.07) is 4.96. The molecule has 0 aromatic heterocycles. The van der Waals surface area contributed by atoms with Gasteiger partial charge in [-0.3, -0.25) is 0 Å². The van der Waals surface area contributed by atoms with Crippen LogP contribution in [0.3, 0.4) is 0 Å². The van der Waals surface area contributed by atoms with Crippen LogP contribution in [0.25, 0.3) is 0 Å². The molecule has 2 N–H and O–H groups in total. The topological polar surface area (TPSA) is 26.0 Å². The maximum absolute atomic E-state index is 13.0. The summed E-state index contributed by atoms with van der Waals surface area (Å²) < 4.78 is 13.0. The van der Waals surface area contributed by atoms with Crippen molar-refractivity contribution in [2.45, 2.75) is 32.2 Å². The van der Waals surface area contributed by atoms with E-state index in [1.807, 2.05) is 6.07 Å². The Balaban J connectivity index is 2.63. The van der Waals surface area contributed by atoms with E-state index in [-0.39, 0.29) is 16.9 Å². The van der Waals surface area contributed by atoms with Crippen molar-refractivity contribution in [3.8, 4) is 0 Å². The third kappa shape index (κ3) is 3.28. The van der Waals surface area contributed by atoms with E-state index in [0.29, 0.717) is 6.42 Å². The number of hydrogen-bond acceptors (Lipinski definition) is 1. The molecule has 1 nitrogen and oxygen atoms in total. The molecule has 0 bridgehead atoms. The van der Waals surface area contributed by atoms with Gasteiger partial charge in [0.05, 0.1) is 5.02 Å². The fourth-order valence-electron chi connectivity index (χ4n) is 1.44. The summed E-state index contributed by atoms with van der Waals surface area (Å²) in [5.41, 5.74) is 6.76. The molecular formula is C11H15ClFN. The monoisotopic (exact) mass is 215 g/mol. The van der Waals surface area contributed by atoms with E-state index in [4.69, 9.17) is 17.3 Å². The molecule has 1 rings (SSSR count). The Morgan fingerprint density at radius 1 is 1.50 bits per heavy atom. The van der Waals surface area contributed by atoms with Gasteiger partial charge in [-0.15, -0.1) is 0 Å². The van der Waals surface area contributed by atoms with E-state index in [2.05, 4.69) is 6.92 Å². The molecule has 0 saturated carbocycles. The minimum atomic E-state index is -0.368. The lowest BCUT2D eigenvalue weighted by atomic mass is 10.0. The zero-order valence-corrected chi connectivity index (χ0v) is 9.02. The first-order chi connectivity index (χ1) is 6.63. The first-order valence-electron chi connectivity index (χ1n) is 4.83. The van der Waals surface area contributed by atoms with Crippen molar-refractivity contribution in [2.24, 2.45) is 5.73 Å². The van der Waals surface area contributed by atoms with Crippen LogP contribution < -0.4 is 5.73 Å². The standard InChI is InChI=1S/C11H15ClFN/c1-2-3-9(14)6-8-4-5-10(12)11(13)7-8/h4-5,7,9H,2-3,6,14H2,1H3. The molecular weight excluding hydrogens is 201 g/mol. The van der Waals surface area contributed by atoms with Gasteiger partial charge in [0.15, 0.2) is 0 Å².